The van der Waals surface area contributed by atoms with Crippen molar-refractivity contribution in [3.05, 3.63) is 82.4 Å². The lowest BCUT2D eigenvalue weighted by molar-refractivity contribution is 0.277. The number of nitrogens with zero attached hydrogens (tertiary/aromatic N) is 3. The van der Waals surface area contributed by atoms with Gasteiger partial charge in [-0.15, -0.1) is 0 Å². The lowest BCUT2D eigenvalue weighted by Gasteiger charge is -2.12. The van der Waals surface area contributed by atoms with Crippen molar-refractivity contribution in [3.8, 4) is 5.69 Å². The normalized spacial score (nSPS) is 13.0. The molecule has 0 radical (unpaired) electrons. The van der Waals surface area contributed by atoms with Crippen LogP contribution in [0.3, 0.4) is 0 Å². The predicted octanol–water partition coefficient (Wildman–Crippen LogP) is 3.37. The largest absolute Gasteiger partial charge is 0.390 e. The fourth-order valence-electron chi connectivity index (χ4n) is 2.87. The summed E-state index contributed by atoms with van der Waals surface area (Å²) in [5.41, 5.74) is 4.41. The van der Waals surface area contributed by atoms with E-state index in [1.807, 2.05) is 59.3 Å². The summed E-state index contributed by atoms with van der Waals surface area (Å²) in [4.78, 5) is 9.20. The molecule has 4 nitrogen and oxygen atoms in total. The molecule has 0 spiro atoms. The van der Waals surface area contributed by atoms with E-state index in [1.165, 1.54) is 0 Å². The van der Waals surface area contributed by atoms with Crippen LogP contribution >= 0.6 is 11.6 Å². The molecule has 114 valence electrons. The Bertz CT molecular complexity index is 914. The van der Waals surface area contributed by atoms with Crippen LogP contribution < -0.4 is 0 Å². The Balaban J connectivity index is 1.95. The number of aromatic nitrogens is 2. The van der Waals surface area contributed by atoms with Crippen molar-refractivity contribution in [2.24, 2.45) is 4.99 Å². The summed E-state index contributed by atoms with van der Waals surface area (Å²) in [5.74, 6) is 0.809. The van der Waals surface area contributed by atoms with Crippen LogP contribution in [0.1, 0.15) is 22.6 Å². The molecule has 4 rings (SSSR count). The molecule has 0 saturated carbocycles. The Kier molecular flexibility index (Phi) is 3.48. The summed E-state index contributed by atoms with van der Waals surface area (Å²) in [7, 11) is 0. The summed E-state index contributed by atoms with van der Waals surface area (Å²) >= 11 is 6.37. The van der Waals surface area contributed by atoms with E-state index in [1.54, 1.807) is 0 Å². The first-order valence-electron chi connectivity index (χ1n) is 7.35. The molecule has 0 fully saturated rings. The quantitative estimate of drug-likeness (QED) is 0.786. The van der Waals surface area contributed by atoms with Gasteiger partial charge in [-0.25, -0.2) is 4.98 Å². The molecule has 0 amide bonds. The van der Waals surface area contributed by atoms with E-state index in [0.29, 0.717) is 17.3 Å². The van der Waals surface area contributed by atoms with Crippen molar-refractivity contribution in [2.45, 2.75) is 13.2 Å². The molecule has 1 aliphatic rings. The Morgan fingerprint density at radius 3 is 2.57 bits per heavy atom. The first kappa shape index (κ1) is 14.2. The van der Waals surface area contributed by atoms with Gasteiger partial charge in [0.25, 0.3) is 0 Å². The Morgan fingerprint density at radius 1 is 1.04 bits per heavy atom. The van der Waals surface area contributed by atoms with Crippen LogP contribution in [-0.4, -0.2) is 20.4 Å². The van der Waals surface area contributed by atoms with Crippen LogP contribution in [0.2, 0.25) is 5.02 Å². The first-order chi connectivity index (χ1) is 11.3. The molecular weight excluding hydrogens is 310 g/mol. The average molecular weight is 324 g/mol. The van der Waals surface area contributed by atoms with Crippen LogP contribution in [0.25, 0.3) is 5.69 Å². The molecule has 2 heterocycles. The van der Waals surface area contributed by atoms with Crippen molar-refractivity contribution in [1.29, 1.82) is 0 Å². The minimum atomic E-state index is -0.0801. The maximum Gasteiger partial charge on any atom is 0.135 e. The predicted molar refractivity (Wildman–Crippen MR) is 90.3 cm³/mol. The van der Waals surface area contributed by atoms with Crippen molar-refractivity contribution >= 4 is 17.3 Å². The van der Waals surface area contributed by atoms with Gasteiger partial charge in [-0.05, 0) is 12.1 Å². The van der Waals surface area contributed by atoms with Crippen molar-refractivity contribution in [1.82, 2.24) is 9.55 Å². The molecule has 0 aliphatic carbocycles. The lowest BCUT2D eigenvalue weighted by atomic mass is 10.0. The second-order valence-electron chi connectivity index (χ2n) is 5.34. The molecule has 1 aliphatic heterocycles. The standard InChI is InChI=1S/C18H14ClN3O/c19-15-7-3-1-5-13(15)18-14-6-2-4-8-16(14)22-10-12(11-23)21-17(22)9-20-18/h1-8,10,23H,9,11H2. The number of para-hydroxylation sites is 1. The molecule has 3 aromatic rings. The summed E-state index contributed by atoms with van der Waals surface area (Å²) in [6, 6.07) is 15.7. The summed E-state index contributed by atoms with van der Waals surface area (Å²) in [6.07, 6.45) is 1.86. The van der Waals surface area contributed by atoms with E-state index >= 15 is 0 Å². The third kappa shape index (κ3) is 2.36. The first-order valence-corrected chi connectivity index (χ1v) is 7.73. The number of aliphatic hydroxyl groups is 1. The number of fused-ring (bicyclic) bond motifs is 3. The van der Waals surface area contributed by atoms with Crippen LogP contribution in [0, 0.1) is 0 Å². The molecule has 2 aromatic carbocycles. The number of benzene rings is 2. The summed E-state index contributed by atoms with van der Waals surface area (Å²) < 4.78 is 1.99. The van der Waals surface area contributed by atoms with Gasteiger partial charge in [-0.3, -0.25) is 4.99 Å². The second kappa shape index (κ2) is 5.65. The van der Waals surface area contributed by atoms with E-state index in [-0.39, 0.29) is 6.61 Å². The number of hydrogen-bond acceptors (Lipinski definition) is 3. The van der Waals surface area contributed by atoms with Crippen LogP contribution in [0.4, 0.5) is 0 Å². The number of hydrogen-bond donors (Lipinski definition) is 1. The van der Waals surface area contributed by atoms with E-state index in [0.717, 1.165) is 28.4 Å². The molecule has 1 aromatic heterocycles. The van der Waals surface area contributed by atoms with Crippen LogP contribution in [0.15, 0.2) is 59.7 Å². The smallest absolute Gasteiger partial charge is 0.135 e. The van der Waals surface area contributed by atoms with Gasteiger partial charge >= 0.3 is 0 Å². The summed E-state index contributed by atoms with van der Waals surface area (Å²) in [6.45, 7) is 0.360. The third-order valence-corrected chi connectivity index (χ3v) is 4.25. The second-order valence-corrected chi connectivity index (χ2v) is 5.75. The Hall–Kier alpha value is -2.43. The molecule has 1 N–H and O–H groups in total. The highest BCUT2D eigenvalue weighted by atomic mass is 35.5. The molecule has 0 unspecified atom stereocenters. The van der Waals surface area contributed by atoms with Gasteiger partial charge in [0.05, 0.1) is 30.2 Å². The number of halogens is 1. The van der Waals surface area contributed by atoms with Crippen molar-refractivity contribution < 1.29 is 5.11 Å². The zero-order valence-corrected chi connectivity index (χ0v) is 13.0. The average Bonchev–Trinajstić information content (AvgIpc) is 2.94. The van der Waals surface area contributed by atoms with Gasteiger partial charge in [0.15, 0.2) is 0 Å². The van der Waals surface area contributed by atoms with Gasteiger partial charge in [0.1, 0.15) is 5.82 Å². The maximum atomic E-state index is 9.34. The number of rotatable bonds is 2. The number of aliphatic hydroxyl groups excluding tert-OH is 1. The van der Waals surface area contributed by atoms with Gasteiger partial charge < -0.3 is 9.67 Å². The lowest BCUT2D eigenvalue weighted by Crippen LogP contribution is -2.07. The fraction of sp³-hybridized carbons (Fsp3) is 0.111. The van der Waals surface area contributed by atoms with E-state index in [9.17, 15) is 5.11 Å². The van der Waals surface area contributed by atoms with E-state index in [4.69, 9.17) is 16.6 Å². The van der Waals surface area contributed by atoms with Crippen LogP contribution in [-0.2, 0) is 13.2 Å². The Labute approximate surface area is 138 Å². The molecule has 0 saturated heterocycles. The topological polar surface area (TPSA) is 50.4 Å². The molecule has 0 bridgehead atoms. The monoisotopic (exact) mass is 323 g/mol. The molecule has 0 atom stereocenters. The van der Waals surface area contributed by atoms with Gasteiger partial charge in [0.2, 0.25) is 0 Å². The van der Waals surface area contributed by atoms with Gasteiger partial charge in [0, 0.05) is 22.3 Å². The highest BCUT2D eigenvalue weighted by Crippen LogP contribution is 2.28. The van der Waals surface area contributed by atoms with Gasteiger partial charge in [-0.1, -0.05) is 48.0 Å². The fourth-order valence-corrected chi connectivity index (χ4v) is 3.10. The SMILES string of the molecule is OCc1cn2c(n1)CN=C(c1ccccc1Cl)c1ccccc1-2. The minimum Gasteiger partial charge on any atom is -0.390 e. The molecule has 5 heteroatoms. The van der Waals surface area contributed by atoms with E-state index < -0.39 is 0 Å². The Morgan fingerprint density at radius 2 is 1.78 bits per heavy atom. The van der Waals surface area contributed by atoms with E-state index in [2.05, 4.69) is 4.98 Å². The summed E-state index contributed by atoms with van der Waals surface area (Å²) in [5, 5.41) is 10.0. The molecule has 23 heavy (non-hydrogen) atoms. The zero-order valence-electron chi connectivity index (χ0n) is 12.3. The van der Waals surface area contributed by atoms with Crippen molar-refractivity contribution in [2.75, 3.05) is 0 Å². The van der Waals surface area contributed by atoms with Crippen molar-refractivity contribution in [3.63, 3.8) is 0 Å². The maximum absolute atomic E-state index is 9.34. The number of imidazole rings is 1. The zero-order chi connectivity index (χ0) is 15.8. The highest BCUT2D eigenvalue weighted by Gasteiger charge is 2.20. The molecular formula is C18H14ClN3O. The van der Waals surface area contributed by atoms with Crippen LogP contribution in [0.5, 0.6) is 0 Å². The minimum absolute atomic E-state index is 0.0801. The van der Waals surface area contributed by atoms with Gasteiger partial charge in [-0.2, -0.15) is 0 Å². The number of aliphatic imine (C=N–C) groups is 1. The highest BCUT2D eigenvalue weighted by molar-refractivity contribution is 6.35. The third-order valence-electron chi connectivity index (χ3n) is 3.92.